The second-order valence-corrected chi connectivity index (χ2v) is 4.02. The molecule has 0 saturated carbocycles. The minimum atomic E-state index is 0.443. The van der Waals surface area contributed by atoms with Crippen LogP contribution in [-0.2, 0) is 6.54 Å². The molecule has 0 spiro atoms. The van der Waals surface area contributed by atoms with Gasteiger partial charge in [-0.25, -0.2) is 0 Å². The Labute approximate surface area is 97.8 Å². The summed E-state index contributed by atoms with van der Waals surface area (Å²) in [5.74, 6) is 0. The van der Waals surface area contributed by atoms with Crippen molar-refractivity contribution in [2.75, 3.05) is 18.0 Å². The van der Waals surface area contributed by atoms with Gasteiger partial charge >= 0.3 is 0 Å². The number of oxazole rings is 1. The fourth-order valence-electron chi connectivity index (χ4n) is 1.54. The minimum Gasteiger partial charge on any atom is -0.432 e. The van der Waals surface area contributed by atoms with Gasteiger partial charge in [-0.05, 0) is 12.8 Å². The first kappa shape index (κ1) is 13.0. The molecule has 1 rings (SSSR count). The second-order valence-electron chi connectivity index (χ2n) is 4.02. The van der Waals surface area contributed by atoms with Gasteiger partial charge in [0.15, 0.2) is 0 Å². The van der Waals surface area contributed by atoms with E-state index in [0.717, 1.165) is 24.8 Å². The molecular weight excluding hydrogens is 202 g/mol. The average Bonchev–Trinajstić information content (AvgIpc) is 2.78. The third kappa shape index (κ3) is 3.85. The lowest BCUT2D eigenvalue weighted by molar-refractivity contribution is 0.521. The van der Waals surface area contributed by atoms with Crippen molar-refractivity contribution in [3.8, 4) is 0 Å². The molecule has 1 heterocycles. The topological polar surface area (TPSA) is 55.3 Å². The Hall–Kier alpha value is -1.03. The Kier molecular flexibility index (Phi) is 5.93. The van der Waals surface area contributed by atoms with Crippen molar-refractivity contribution >= 4 is 6.01 Å². The number of nitrogens with two attached hydrogens (primary N) is 1. The third-order valence-electron chi connectivity index (χ3n) is 2.58. The van der Waals surface area contributed by atoms with Gasteiger partial charge in [0.05, 0.1) is 5.69 Å². The molecule has 0 saturated heterocycles. The second kappa shape index (κ2) is 7.28. The fourth-order valence-corrected chi connectivity index (χ4v) is 1.54. The molecule has 1 aromatic heterocycles. The van der Waals surface area contributed by atoms with Gasteiger partial charge in [-0.15, -0.1) is 0 Å². The van der Waals surface area contributed by atoms with Gasteiger partial charge in [0.1, 0.15) is 6.26 Å². The molecule has 0 amide bonds. The highest BCUT2D eigenvalue weighted by atomic mass is 16.4. The summed E-state index contributed by atoms with van der Waals surface area (Å²) >= 11 is 0. The van der Waals surface area contributed by atoms with Crippen LogP contribution in [0.3, 0.4) is 0 Å². The molecule has 0 aliphatic rings. The summed E-state index contributed by atoms with van der Waals surface area (Å²) in [7, 11) is 0. The molecule has 4 nitrogen and oxygen atoms in total. The van der Waals surface area contributed by atoms with E-state index in [-0.39, 0.29) is 0 Å². The Morgan fingerprint density at radius 2 is 1.88 bits per heavy atom. The molecule has 0 aliphatic carbocycles. The molecule has 2 N–H and O–H groups in total. The van der Waals surface area contributed by atoms with Crippen molar-refractivity contribution in [1.82, 2.24) is 4.98 Å². The van der Waals surface area contributed by atoms with Crippen molar-refractivity contribution in [3.63, 3.8) is 0 Å². The van der Waals surface area contributed by atoms with E-state index >= 15 is 0 Å². The van der Waals surface area contributed by atoms with Crippen LogP contribution in [0.2, 0.25) is 0 Å². The van der Waals surface area contributed by atoms with Gasteiger partial charge in [-0.2, -0.15) is 4.98 Å². The first-order chi connectivity index (χ1) is 7.81. The lowest BCUT2D eigenvalue weighted by Crippen LogP contribution is -2.25. The highest BCUT2D eigenvalue weighted by Gasteiger charge is 2.11. The van der Waals surface area contributed by atoms with Crippen LogP contribution in [-0.4, -0.2) is 18.1 Å². The van der Waals surface area contributed by atoms with Crippen LogP contribution < -0.4 is 10.6 Å². The fraction of sp³-hybridized carbons (Fsp3) is 0.750. The molecule has 92 valence electrons. The molecule has 0 aromatic carbocycles. The van der Waals surface area contributed by atoms with Gasteiger partial charge in [0.25, 0.3) is 6.01 Å². The molecule has 0 fully saturated rings. The van der Waals surface area contributed by atoms with Gasteiger partial charge in [0, 0.05) is 19.6 Å². The predicted molar refractivity (Wildman–Crippen MR) is 66.4 cm³/mol. The normalized spacial score (nSPS) is 10.7. The smallest absolute Gasteiger partial charge is 0.297 e. The molecule has 1 aromatic rings. The first-order valence-electron chi connectivity index (χ1n) is 6.21. The van der Waals surface area contributed by atoms with E-state index in [1.807, 2.05) is 0 Å². The standard InChI is InChI=1S/C12H23N3O/c1-3-5-7-15(8-6-4-2)12-14-11(9-13)10-16-12/h10H,3-9,13H2,1-2H3. The molecule has 0 bridgehead atoms. The van der Waals surface area contributed by atoms with E-state index in [4.69, 9.17) is 10.2 Å². The van der Waals surface area contributed by atoms with Crippen LogP contribution >= 0.6 is 0 Å². The number of hydrogen-bond acceptors (Lipinski definition) is 4. The number of hydrogen-bond donors (Lipinski definition) is 1. The zero-order valence-electron chi connectivity index (χ0n) is 10.4. The summed E-state index contributed by atoms with van der Waals surface area (Å²) < 4.78 is 5.45. The summed E-state index contributed by atoms with van der Waals surface area (Å²) in [5.41, 5.74) is 6.35. The van der Waals surface area contributed by atoms with Crippen molar-refractivity contribution in [3.05, 3.63) is 12.0 Å². The Balaban J connectivity index is 2.58. The Morgan fingerprint density at radius 3 is 2.31 bits per heavy atom. The number of nitrogens with zero attached hydrogens (tertiary/aromatic N) is 2. The molecule has 0 aliphatic heterocycles. The molecule has 0 atom stereocenters. The number of anilines is 1. The maximum Gasteiger partial charge on any atom is 0.297 e. The van der Waals surface area contributed by atoms with Gasteiger partial charge in [-0.3, -0.25) is 0 Å². The van der Waals surface area contributed by atoms with E-state index < -0.39 is 0 Å². The minimum absolute atomic E-state index is 0.443. The number of unbranched alkanes of at least 4 members (excludes halogenated alkanes) is 2. The Bertz CT molecular complexity index is 278. The van der Waals surface area contributed by atoms with Crippen LogP contribution in [0.1, 0.15) is 45.2 Å². The van der Waals surface area contributed by atoms with E-state index in [0.29, 0.717) is 6.54 Å². The summed E-state index contributed by atoms with van der Waals surface area (Å²) in [4.78, 5) is 6.58. The maximum atomic E-state index is 5.52. The quantitative estimate of drug-likeness (QED) is 0.738. The van der Waals surface area contributed by atoms with E-state index in [9.17, 15) is 0 Å². The van der Waals surface area contributed by atoms with Gasteiger partial charge in [0.2, 0.25) is 0 Å². The van der Waals surface area contributed by atoms with Crippen LogP contribution in [0.5, 0.6) is 0 Å². The van der Waals surface area contributed by atoms with E-state index in [2.05, 4.69) is 23.7 Å². The molecule has 4 heteroatoms. The molecule has 0 unspecified atom stereocenters. The first-order valence-corrected chi connectivity index (χ1v) is 6.21. The van der Waals surface area contributed by atoms with Gasteiger partial charge in [-0.1, -0.05) is 26.7 Å². The van der Waals surface area contributed by atoms with Crippen molar-refractivity contribution < 1.29 is 4.42 Å². The number of rotatable bonds is 8. The lowest BCUT2D eigenvalue weighted by Gasteiger charge is -2.19. The molecular formula is C12H23N3O. The van der Waals surface area contributed by atoms with Crippen LogP contribution in [0.15, 0.2) is 10.7 Å². The predicted octanol–water partition coefficient (Wildman–Crippen LogP) is 2.54. The highest BCUT2D eigenvalue weighted by Crippen LogP contribution is 2.15. The summed E-state index contributed by atoms with van der Waals surface area (Å²) in [6, 6.07) is 0.724. The Morgan fingerprint density at radius 1 is 1.25 bits per heavy atom. The van der Waals surface area contributed by atoms with Crippen LogP contribution in [0.4, 0.5) is 6.01 Å². The summed E-state index contributed by atoms with van der Waals surface area (Å²) in [5, 5.41) is 0. The zero-order valence-corrected chi connectivity index (χ0v) is 10.4. The number of aromatic nitrogens is 1. The average molecular weight is 225 g/mol. The molecule has 0 radical (unpaired) electrons. The summed E-state index contributed by atoms with van der Waals surface area (Å²) in [6.45, 7) is 6.86. The van der Waals surface area contributed by atoms with Crippen molar-refractivity contribution in [1.29, 1.82) is 0 Å². The van der Waals surface area contributed by atoms with E-state index in [1.54, 1.807) is 6.26 Å². The maximum absolute atomic E-state index is 5.52. The van der Waals surface area contributed by atoms with Crippen molar-refractivity contribution in [2.24, 2.45) is 5.73 Å². The summed E-state index contributed by atoms with van der Waals surface area (Å²) in [6.07, 6.45) is 6.37. The largest absolute Gasteiger partial charge is 0.432 e. The zero-order chi connectivity index (χ0) is 11.8. The SMILES string of the molecule is CCCCN(CCCC)c1nc(CN)co1. The molecule has 16 heavy (non-hydrogen) atoms. The van der Waals surface area contributed by atoms with Gasteiger partial charge < -0.3 is 15.1 Å². The monoisotopic (exact) mass is 225 g/mol. The highest BCUT2D eigenvalue weighted by molar-refractivity contribution is 5.26. The van der Waals surface area contributed by atoms with E-state index in [1.165, 1.54) is 25.7 Å². The lowest BCUT2D eigenvalue weighted by atomic mass is 10.3. The third-order valence-corrected chi connectivity index (χ3v) is 2.58. The van der Waals surface area contributed by atoms with Crippen LogP contribution in [0.25, 0.3) is 0 Å². The van der Waals surface area contributed by atoms with Crippen molar-refractivity contribution in [2.45, 2.75) is 46.1 Å². The van der Waals surface area contributed by atoms with Crippen LogP contribution in [0, 0.1) is 0 Å².